The van der Waals surface area contributed by atoms with E-state index in [0.717, 1.165) is 9.87 Å². The molecule has 1 amide bonds. The summed E-state index contributed by atoms with van der Waals surface area (Å²) < 4.78 is 27.4. The minimum Gasteiger partial charge on any atom is -0.272 e. The fraction of sp³-hybridized carbons (Fsp3) is 0.0952. The van der Waals surface area contributed by atoms with Gasteiger partial charge in [0.15, 0.2) is 0 Å². The lowest BCUT2D eigenvalue weighted by Crippen LogP contribution is -2.39. The third-order valence-electron chi connectivity index (χ3n) is 4.06. The molecule has 0 aliphatic heterocycles. The van der Waals surface area contributed by atoms with Gasteiger partial charge in [0, 0.05) is 29.5 Å². The number of benzene rings is 2. The number of sulfonamides is 1. The Labute approximate surface area is 180 Å². The highest BCUT2D eigenvalue weighted by Gasteiger charge is 2.26. The van der Waals surface area contributed by atoms with E-state index in [1.54, 1.807) is 48.8 Å². The van der Waals surface area contributed by atoms with Gasteiger partial charge < -0.3 is 0 Å². The Morgan fingerprint density at radius 2 is 1.80 bits per heavy atom. The molecule has 3 aromatic rings. The smallest absolute Gasteiger partial charge is 0.255 e. The van der Waals surface area contributed by atoms with E-state index in [-0.39, 0.29) is 11.4 Å². The number of nitrogens with one attached hydrogen (secondary N) is 1. The van der Waals surface area contributed by atoms with Crippen LogP contribution < -0.4 is 5.43 Å². The summed E-state index contributed by atoms with van der Waals surface area (Å²) >= 11 is 5.87. The molecule has 0 spiro atoms. The predicted octanol–water partition coefficient (Wildman–Crippen LogP) is 3.08. The fourth-order valence-electron chi connectivity index (χ4n) is 2.60. The van der Waals surface area contributed by atoms with Crippen molar-refractivity contribution in [1.29, 1.82) is 0 Å². The van der Waals surface area contributed by atoms with Gasteiger partial charge in [-0.1, -0.05) is 48.0 Å². The monoisotopic (exact) mass is 442 g/mol. The summed E-state index contributed by atoms with van der Waals surface area (Å²) in [5, 5.41) is 4.29. The van der Waals surface area contributed by atoms with Crippen LogP contribution >= 0.6 is 11.6 Å². The van der Waals surface area contributed by atoms with Crippen molar-refractivity contribution in [3.05, 3.63) is 95.3 Å². The first kappa shape index (κ1) is 21.6. The highest BCUT2D eigenvalue weighted by atomic mass is 35.5. The minimum absolute atomic E-state index is 0.0333. The molecule has 0 aliphatic rings. The van der Waals surface area contributed by atoms with Crippen molar-refractivity contribution < 1.29 is 13.2 Å². The Bertz CT molecular complexity index is 1110. The van der Waals surface area contributed by atoms with Gasteiger partial charge in [-0.15, -0.1) is 0 Å². The number of hydrazone groups is 1. The number of halogens is 1. The van der Waals surface area contributed by atoms with Crippen molar-refractivity contribution in [2.75, 3.05) is 6.54 Å². The van der Waals surface area contributed by atoms with Gasteiger partial charge in [-0.2, -0.15) is 9.41 Å². The molecule has 1 heterocycles. The second kappa shape index (κ2) is 10.1. The molecule has 1 N–H and O–H groups in total. The summed E-state index contributed by atoms with van der Waals surface area (Å²) in [6.45, 7) is -0.365. The third-order valence-corrected chi connectivity index (χ3v) is 6.12. The first-order valence-corrected chi connectivity index (χ1v) is 10.8. The maximum atomic E-state index is 13.1. The average Bonchev–Trinajstić information content (AvgIpc) is 2.75. The van der Waals surface area contributed by atoms with Gasteiger partial charge in [-0.05, 0) is 35.9 Å². The van der Waals surface area contributed by atoms with Crippen LogP contribution in [0.5, 0.6) is 0 Å². The SMILES string of the molecule is O=C(CN(Cc1ccccc1)S(=O)(=O)c1ccc(Cl)cc1)N/N=C\c1cccnc1. The lowest BCUT2D eigenvalue weighted by Gasteiger charge is -2.21. The summed E-state index contributed by atoms with van der Waals surface area (Å²) in [5.41, 5.74) is 3.81. The van der Waals surface area contributed by atoms with Crippen molar-refractivity contribution in [1.82, 2.24) is 14.7 Å². The summed E-state index contributed by atoms with van der Waals surface area (Å²) in [5.74, 6) is -0.566. The van der Waals surface area contributed by atoms with Crippen LogP contribution in [0, 0.1) is 0 Å². The van der Waals surface area contributed by atoms with Crippen molar-refractivity contribution in [2.24, 2.45) is 5.10 Å². The molecule has 0 aliphatic carbocycles. The van der Waals surface area contributed by atoms with Crippen LogP contribution in [0.1, 0.15) is 11.1 Å². The number of rotatable bonds is 8. The molecule has 9 heteroatoms. The number of amides is 1. The van der Waals surface area contributed by atoms with Crippen molar-refractivity contribution in [2.45, 2.75) is 11.4 Å². The second-order valence-electron chi connectivity index (χ2n) is 6.29. The molecule has 2 aromatic carbocycles. The second-order valence-corrected chi connectivity index (χ2v) is 8.67. The van der Waals surface area contributed by atoms with Gasteiger partial charge in [-0.25, -0.2) is 13.8 Å². The number of nitrogens with zero attached hydrogens (tertiary/aromatic N) is 3. The number of hydrogen-bond donors (Lipinski definition) is 1. The van der Waals surface area contributed by atoms with E-state index >= 15 is 0 Å². The molecule has 0 atom stereocenters. The average molecular weight is 443 g/mol. The van der Waals surface area contributed by atoms with E-state index in [1.807, 2.05) is 6.07 Å². The number of hydrogen-bond acceptors (Lipinski definition) is 5. The first-order valence-electron chi connectivity index (χ1n) is 8.97. The number of pyridine rings is 1. The molecule has 30 heavy (non-hydrogen) atoms. The van der Waals surface area contributed by atoms with E-state index in [0.29, 0.717) is 10.6 Å². The molecule has 7 nitrogen and oxygen atoms in total. The zero-order valence-electron chi connectivity index (χ0n) is 15.8. The molecule has 0 fully saturated rings. The standard InChI is InChI=1S/C21H19ClN4O3S/c22-19-8-10-20(11-9-19)30(28,29)26(15-17-5-2-1-3-6-17)16-21(27)25-24-14-18-7-4-12-23-13-18/h1-14H,15-16H2,(H,25,27)/b24-14-. The number of carbonyl (C=O) groups is 1. The Kier molecular flexibility index (Phi) is 7.29. The predicted molar refractivity (Wildman–Crippen MR) is 115 cm³/mol. The van der Waals surface area contributed by atoms with Crippen LogP contribution in [-0.4, -0.2) is 36.4 Å². The molecule has 1 aromatic heterocycles. The van der Waals surface area contributed by atoms with Crippen molar-refractivity contribution >= 4 is 33.7 Å². The maximum absolute atomic E-state index is 13.1. The van der Waals surface area contributed by atoms with Gasteiger partial charge in [0.25, 0.3) is 5.91 Å². The topological polar surface area (TPSA) is 91.7 Å². The highest BCUT2D eigenvalue weighted by Crippen LogP contribution is 2.20. The molecule has 154 valence electrons. The van der Waals surface area contributed by atoms with Crippen LogP contribution in [0.2, 0.25) is 5.02 Å². The lowest BCUT2D eigenvalue weighted by atomic mass is 10.2. The molecule has 3 rings (SSSR count). The Morgan fingerprint density at radius 1 is 1.07 bits per heavy atom. The summed E-state index contributed by atoms with van der Waals surface area (Å²) in [6, 6.07) is 18.4. The Hall–Kier alpha value is -3.07. The molecular weight excluding hydrogens is 424 g/mol. The zero-order valence-corrected chi connectivity index (χ0v) is 17.4. The van der Waals surface area contributed by atoms with E-state index in [1.165, 1.54) is 30.5 Å². The number of aromatic nitrogens is 1. The van der Waals surface area contributed by atoms with Crippen LogP contribution in [0.25, 0.3) is 0 Å². The summed E-state index contributed by atoms with van der Waals surface area (Å²) in [4.78, 5) is 16.4. The largest absolute Gasteiger partial charge is 0.272 e. The van der Waals surface area contributed by atoms with Gasteiger partial charge in [-0.3, -0.25) is 9.78 Å². The molecule has 0 unspecified atom stereocenters. The summed E-state index contributed by atoms with van der Waals surface area (Å²) in [6.07, 6.45) is 4.64. The van der Waals surface area contributed by atoms with Crippen molar-refractivity contribution in [3.8, 4) is 0 Å². The molecule has 0 saturated heterocycles. The van der Waals surface area contributed by atoms with Crippen molar-refractivity contribution in [3.63, 3.8) is 0 Å². The normalized spacial score (nSPS) is 11.7. The van der Waals surface area contributed by atoms with Crippen LogP contribution in [0.3, 0.4) is 0 Å². The van der Waals surface area contributed by atoms with Gasteiger partial charge in [0.2, 0.25) is 10.0 Å². The minimum atomic E-state index is -3.94. The van der Waals surface area contributed by atoms with Gasteiger partial charge >= 0.3 is 0 Å². The Morgan fingerprint density at radius 3 is 2.47 bits per heavy atom. The Balaban J connectivity index is 1.77. The van der Waals surface area contributed by atoms with Gasteiger partial charge in [0.05, 0.1) is 17.7 Å². The maximum Gasteiger partial charge on any atom is 0.255 e. The molecule has 0 radical (unpaired) electrons. The third kappa shape index (κ3) is 5.96. The number of carbonyl (C=O) groups excluding carboxylic acids is 1. The van der Waals surface area contributed by atoms with Crippen LogP contribution in [-0.2, 0) is 21.4 Å². The van der Waals surface area contributed by atoms with E-state index in [4.69, 9.17) is 11.6 Å². The van der Waals surface area contributed by atoms with E-state index in [2.05, 4.69) is 15.5 Å². The van der Waals surface area contributed by atoms with Crippen LogP contribution in [0.4, 0.5) is 0 Å². The highest BCUT2D eigenvalue weighted by molar-refractivity contribution is 7.89. The van der Waals surface area contributed by atoms with E-state index in [9.17, 15) is 13.2 Å². The van der Waals surface area contributed by atoms with Gasteiger partial charge in [0.1, 0.15) is 0 Å². The quantitative estimate of drug-likeness (QED) is 0.428. The molecular formula is C21H19ClN4O3S. The fourth-order valence-corrected chi connectivity index (χ4v) is 4.11. The van der Waals surface area contributed by atoms with Crippen LogP contribution in [0.15, 0.2) is 89.1 Å². The zero-order chi connectivity index (χ0) is 21.4. The first-order chi connectivity index (χ1) is 14.4. The molecule has 0 bridgehead atoms. The summed E-state index contributed by atoms with van der Waals surface area (Å²) in [7, 11) is -3.94. The molecule has 0 saturated carbocycles. The van der Waals surface area contributed by atoms with E-state index < -0.39 is 22.5 Å². The lowest BCUT2D eigenvalue weighted by molar-refractivity contribution is -0.121.